The number of nitrogens with zero attached hydrogens (tertiary/aromatic N) is 4. The Hall–Kier alpha value is -1.73. The molecule has 0 bridgehead atoms. The number of carbonyl (C=O) groups is 1. The van der Waals surface area contributed by atoms with E-state index in [0.717, 1.165) is 19.5 Å². The standard InChI is InChI=1S/C13H19N5O2/c1-20-9-10-2-4-17(5-3-10)13(19)12-8-18(16-15-12)11-6-14-7-11/h2,8,11,14H,3-7,9H2,1H3. The summed E-state index contributed by atoms with van der Waals surface area (Å²) in [5.74, 6) is -0.0451. The highest BCUT2D eigenvalue weighted by molar-refractivity contribution is 5.92. The van der Waals surface area contributed by atoms with Gasteiger partial charge in [-0.1, -0.05) is 11.3 Å². The van der Waals surface area contributed by atoms with Crippen LogP contribution in [0.3, 0.4) is 0 Å². The molecule has 1 fully saturated rings. The second kappa shape index (κ2) is 5.72. The summed E-state index contributed by atoms with van der Waals surface area (Å²) < 4.78 is 6.88. The molecule has 0 aliphatic carbocycles. The van der Waals surface area contributed by atoms with Gasteiger partial charge in [0.25, 0.3) is 5.91 Å². The van der Waals surface area contributed by atoms with Crippen LogP contribution >= 0.6 is 0 Å². The molecule has 0 saturated carbocycles. The molecule has 1 amide bonds. The molecule has 20 heavy (non-hydrogen) atoms. The first kappa shape index (κ1) is 13.3. The molecule has 7 nitrogen and oxygen atoms in total. The van der Waals surface area contributed by atoms with E-state index in [1.807, 2.05) is 0 Å². The topological polar surface area (TPSA) is 72.3 Å². The number of hydrogen-bond donors (Lipinski definition) is 1. The van der Waals surface area contributed by atoms with Gasteiger partial charge in [-0.25, -0.2) is 4.68 Å². The van der Waals surface area contributed by atoms with Crippen molar-refractivity contribution in [3.05, 3.63) is 23.5 Å². The number of carbonyl (C=O) groups excluding carboxylic acids is 1. The second-order valence-electron chi connectivity index (χ2n) is 5.19. The van der Waals surface area contributed by atoms with Gasteiger partial charge in [0.05, 0.1) is 18.8 Å². The zero-order valence-corrected chi connectivity index (χ0v) is 11.6. The van der Waals surface area contributed by atoms with Gasteiger partial charge in [-0.15, -0.1) is 5.10 Å². The Balaban J connectivity index is 1.63. The number of ether oxygens (including phenoxy) is 1. The summed E-state index contributed by atoms with van der Waals surface area (Å²) in [6.45, 7) is 3.77. The molecule has 7 heteroatoms. The van der Waals surface area contributed by atoms with Crippen LogP contribution in [0.2, 0.25) is 0 Å². The fraction of sp³-hybridized carbons (Fsp3) is 0.615. The van der Waals surface area contributed by atoms with Crippen molar-refractivity contribution < 1.29 is 9.53 Å². The lowest BCUT2D eigenvalue weighted by Crippen LogP contribution is -2.43. The normalized spacial score (nSPS) is 19.6. The van der Waals surface area contributed by atoms with Crippen LogP contribution in [0.4, 0.5) is 0 Å². The predicted molar refractivity (Wildman–Crippen MR) is 72.4 cm³/mol. The van der Waals surface area contributed by atoms with Crippen molar-refractivity contribution in [3.8, 4) is 0 Å². The highest BCUT2D eigenvalue weighted by Crippen LogP contribution is 2.15. The van der Waals surface area contributed by atoms with Crippen LogP contribution in [0.5, 0.6) is 0 Å². The maximum absolute atomic E-state index is 12.3. The van der Waals surface area contributed by atoms with Gasteiger partial charge in [0.15, 0.2) is 5.69 Å². The minimum Gasteiger partial charge on any atom is -0.380 e. The van der Waals surface area contributed by atoms with Crippen LogP contribution in [0.15, 0.2) is 17.8 Å². The van der Waals surface area contributed by atoms with E-state index in [1.165, 1.54) is 5.57 Å². The zero-order valence-electron chi connectivity index (χ0n) is 11.6. The maximum Gasteiger partial charge on any atom is 0.276 e. The molecule has 3 rings (SSSR count). The number of methoxy groups -OCH3 is 1. The van der Waals surface area contributed by atoms with Gasteiger partial charge in [0.1, 0.15) is 0 Å². The molecule has 0 radical (unpaired) electrons. The SMILES string of the molecule is COCC1=CCN(C(=O)c2cn(C3CNC3)nn2)CC1. The first-order valence-corrected chi connectivity index (χ1v) is 6.86. The fourth-order valence-corrected chi connectivity index (χ4v) is 2.39. The Labute approximate surface area is 117 Å². The molecule has 1 aromatic heterocycles. The van der Waals surface area contributed by atoms with E-state index in [1.54, 1.807) is 22.9 Å². The van der Waals surface area contributed by atoms with Crippen molar-refractivity contribution in [1.82, 2.24) is 25.2 Å². The van der Waals surface area contributed by atoms with Crippen LogP contribution in [-0.4, -0.2) is 65.7 Å². The summed E-state index contributed by atoms with van der Waals surface area (Å²) in [5, 5.41) is 11.2. The molecule has 2 aliphatic rings. The van der Waals surface area contributed by atoms with Crippen LogP contribution in [0.25, 0.3) is 0 Å². The highest BCUT2D eigenvalue weighted by Gasteiger charge is 2.24. The van der Waals surface area contributed by atoms with Crippen LogP contribution in [0, 0.1) is 0 Å². The van der Waals surface area contributed by atoms with Gasteiger partial charge in [0, 0.05) is 33.3 Å². The number of hydrogen-bond acceptors (Lipinski definition) is 5. The summed E-state index contributed by atoms with van der Waals surface area (Å²) in [6.07, 6.45) is 4.67. The lowest BCUT2D eigenvalue weighted by molar-refractivity contribution is 0.0759. The van der Waals surface area contributed by atoms with E-state index in [2.05, 4.69) is 21.7 Å². The van der Waals surface area contributed by atoms with Crippen molar-refractivity contribution in [3.63, 3.8) is 0 Å². The van der Waals surface area contributed by atoms with E-state index in [4.69, 9.17) is 4.74 Å². The summed E-state index contributed by atoms with van der Waals surface area (Å²) in [4.78, 5) is 14.1. The van der Waals surface area contributed by atoms with Crippen LogP contribution in [0.1, 0.15) is 23.0 Å². The van der Waals surface area contributed by atoms with Crippen molar-refractivity contribution in [2.24, 2.45) is 0 Å². The van der Waals surface area contributed by atoms with Crippen molar-refractivity contribution in [1.29, 1.82) is 0 Å². The third kappa shape index (κ3) is 2.59. The van der Waals surface area contributed by atoms with Crippen LogP contribution < -0.4 is 5.32 Å². The van der Waals surface area contributed by atoms with Gasteiger partial charge in [-0.2, -0.15) is 0 Å². The number of aromatic nitrogens is 3. The van der Waals surface area contributed by atoms with Crippen molar-refractivity contribution >= 4 is 5.91 Å². The van der Waals surface area contributed by atoms with Gasteiger partial charge in [-0.3, -0.25) is 4.79 Å². The third-order valence-electron chi connectivity index (χ3n) is 3.78. The maximum atomic E-state index is 12.3. The minimum atomic E-state index is -0.0451. The molecule has 0 unspecified atom stereocenters. The van der Waals surface area contributed by atoms with E-state index in [0.29, 0.717) is 31.4 Å². The average Bonchev–Trinajstić information content (AvgIpc) is 2.86. The highest BCUT2D eigenvalue weighted by atomic mass is 16.5. The van der Waals surface area contributed by atoms with Crippen LogP contribution in [-0.2, 0) is 4.74 Å². The smallest absolute Gasteiger partial charge is 0.276 e. The van der Waals surface area contributed by atoms with Gasteiger partial charge >= 0.3 is 0 Å². The summed E-state index contributed by atoms with van der Waals surface area (Å²) in [6, 6.07) is 0.332. The molecule has 3 heterocycles. The Bertz CT molecular complexity index is 521. The molecule has 1 saturated heterocycles. The van der Waals surface area contributed by atoms with E-state index in [9.17, 15) is 4.79 Å². The molecular weight excluding hydrogens is 258 g/mol. The number of rotatable bonds is 4. The quantitative estimate of drug-likeness (QED) is 0.774. The molecule has 108 valence electrons. The van der Waals surface area contributed by atoms with Gasteiger partial charge < -0.3 is 15.0 Å². The lowest BCUT2D eigenvalue weighted by Gasteiger charge is -2.26. The largest absolute Gasteiger partial charge is 0.380 e. The fourth-order valence-electron chi connectivity index (χ4n) is 2.39. The molecule has 1 aromatic rings. The molecule has 0 atom stereocenters. The van der Waals surface area contributed by atoms with Gasteiger partial charge in [-0.05, 0) is 12.0 Å². The second-order valence-corrected chi connectivity index (χ2v) is 5.19. The zero-order chi connectivity index (χ0) is 13.9. The van der Waals surface area contributed by atoms with E-state index in [-0.39, 0.29) is 5.91 Å². The van der Waals surface area contributed by atoms with Crippen molar-refractivity contribution in [2.45, 2.75) is 12.5 Å². The lowest BCUT2D eigenvalue weighted by atomic mass is 10.1. The Morgan fingerprint density at radius 3 is 3.00 bits per heavy atom. The monoisotopic (exact) mass is 277 g/mol. The van der Waals surface area contributed by atoms with Crippen molar-refractivity contribution in [2.75, 3.05) is 39.9 Å². The summed E-state index contributed by atoms with van der Waals surface area (Å²) in [5.41, 5.74) is 1.68. The first-order valence-electron chi connectivity index (χ1n) is 6.86. The summed E-state index contributed by atoms with van der Waals surface area (Å²) >= 11 is 0. The van der Waals surface area contributed by atoms with Gasteiger partial charge in [0.2, 0.25) is 0 Å². The molecule has 2 aliphatic heterocycles. The molecule has 1 N–H and O–H groups in total. The number of nitrogens with one attached hydrogen (secondary N) is 1. The van der Waals surface area contributed by atoms with E-state index < -0.39 is 0 Å². The Morgan fingerprint density at radius 1 is 1.55 bits per heavy atom. The molecule has 0 aromatic carbocycles. The number of amides is 1. The predicted octanol–water partition coefficient (Wildman–Crippen LogP) is -0.159. The molecular formula is C13H19N5O2. The Morgan fingerprint density at radius 2 is 2.40 bits per heavy atom. The molecule has 0 spiro atoms. The summed E-state index contributed by atoms with van der Waals surface area (Å²) in [7, 11) is 1.69. The third-order valence-corrected chi connectivity index (χ3v) is 3.78. The Kier molecular flexibility index (Phi) is 3.79. The minimum absolute atomic E-state index is 0.0451. The van der Waals surface area contributed by atoms with E-state index >= 15 is 0 Å². The average molecular weight is 277 g/mol. The first-order chi connectivity index (χ1) is 9.78.